The standard InChI is InChI=1S/C46H33N3/c1-45(2)34-18-7-5-12-28(34)42-30(16-10-20-36(42)45)38-22-32-26-14-9-15-27-33-23-39(48-25-41(33)49(44(26)27)40(32)24-47-38)31-17-11-21-37-43(31)29-13-6-8-19-35(29)46(37,3)4/h5-25H,1-4H3. The molecule has 49 heavy (non-hydrogen) atoms. The van der Waals surface area contributed by atoms with Gasteiger partial charge in [0.25, 0.3) is 0 Å². The lowest BCUT2D eigenvalue weighted by molar-refractivity contribution is 0.660. The first-order valence-electron chi connectivity index (χ1n) is 17.3. The van der Waals surface area contributed by atoms with E-state index in [0.717, 1.165) is 22.4 Å². The largest absolute Gasteiger partial charge is 0.305 e. The van der Waals surface area contributed by atoms with Gasteiger partial charge >= 0.3 is 0 Å². The number of fused-ring (bicyclic) bond motifs is 12. The smallest absolute Gasteiger partial charge is 0.0726 e. The molecule has 0 spiro atoms. The van der Waals surface area contributed by atoms with E-state index < -0.39 is 0 Å². The van der Waals surface area contributed by atoms with Gasteiger partial charge in [0.05, 0.1) is 40.3 Å². The minimum absolute atomic E-state index is 0.0488. The topological polar surface area (TPSA) is 30.2 Å². The first-order chi connectivity index (χ1) is 23.8. The van der Waals surface area contributed by atoms with Crippen LogP contribution in [-0.2, 0) is 10.8 Å². The quantitative estimate of drug-likeness (QED) is 0.191. The first kappa shape index (κ1) is 27.2. The van der Waals surface area contributed by atoms with Gasteiger partial charge in [0, 0.05) is 43.5 Å². The van der Waals surface area contributed by atoms with Crippen LogP contribution in [0.1, 0.15) is 49.9 Å². The number of nitrogens with zero attached hydrogens (tertiary/aromatic N) is 3. The lowest BCUT2D eigenvalue weighted by Gasteiger charge is -2.21. The van der Waals surface area contributed by atoms with Gasteiger partial charge in [0.1, 0.15) is 0 Å². The highest BCUT2D eigenvalue weighted by atomic mass is 14.9. The van der Waals surface area contributed by atoms with Crippen molar-refractivity contribution >= 4 is 38.1 Å². The van der Waals surface area contributed by atoms with Crippen LogP contribution in [0.4, 0.5) is 0 Å². The molecule has 3 nitrogen and oxygen atoms in total. The molecule has 4 aromatic heterocycles. The molecule has 0 saturated heterocycles. The van der Waals surface area contributed by atoms with E-state index in [1.807, 2.05) is 0 Å². The Labute approximate surface area is 284 Å². The third kappa shape index (κ3) is 3.28. The van der Waals surface area contributed by atoms with Crippen molar-refractivity contribution in [2.24, 2.45) is 0 Å². The van der Waals surface area contributed by atoms with Crippen molar-refractivity contribution in [1.82, 2.24) is 14.4 Å². The van der Waals surface area contributed by atoms with E-state index in [-0.39, 0.29) is 10.8 Å². The van der Waals surface area contributed by atoms with Gasteiger partial charge in [-0.25, -0.2) is 0 Å². The Bertz CT molecular complexity index is 2690. The van der Waals surface area contributed by atoms with Crippen LogP contribution in [0.3, 0.4) is 0 Å². The summed E-state index contributed by atoms with van der Waals surface area (Å²) in [7, 11) is 0. The molecule has 0 bridgehead atoms. The third-order valence-corrected chi connectivity index (χ3v) is 11.9. The third-order valence-electron chi connectivity index (χ3n) is 11.9. The van der Waals surface area contributed by atoms with Crippen molar-refractivity contribution in [2.45, 2.75) is 38.5 Å². The molecule has 2 aliphatic carbocycles. The maximum atomic E-state index is 5.17. The van der Waals surface area contributed by atoms with E-state index in [1.165, 1.54) is 82.7 Å². The van der Waals surface area contributed by atoms with Crippen molar-refractivity contribution in [3.8, 4) is 44.8 Å². The SMILES string of the molecule is CC1(C)c2ccccc2-c2c(-c3cc4c5cccc6c7cc(-c8cccc9c8-c8ccccc8C9(C)C)ncc7n(c4cn3)c56)cccc21. The van der Waals surface area contributed by atoms with Gasteiger partial charge in [-0.2, -0.15) is 0 Å². The summed E-state index contributed by atoms with van der Waals surface area (Å²) in [5.74, 6) is 0. The number of hydrogen-bond donors (Lipinski definition) is 0. The second-order valence-electron chi connectivity index (χ2n) is 15.0. The Morgan fingerprint density at radius 1 is 0.429 bits per heavy atom. The van der Waals surface area contributed by atoms with E-state index in [4.69, 9.17) is 9.97 Å². The van der Waals surface area contributed by atoms with Crippen molar-refractivity contribution in [2.75, 3.05) is 0 Å². The van der Waals surface area contributed by atoms with Crippen LogP contribution in [0.2, 0.25) is 0 Å². The van der Waals surface area contributed by atoms with Crippen LogP contribution in [0.25, 0.3) is 82.9 Å². The molecule has 9 aromatic rings. The van der Waals surface area contributed by atoms with E-state index >= 15 is 0 Å². The minimum Gasteiger partial charge on any atom is -0.305 e. The normalized spacial score (nSPS) is 15.3. The predicted octanol–water partition coefficient (Wildman–Crippen LogP) is 11.6. The molecule has 0 N–H and O–H groups in total. The van der Waals surface area contributed by atoms with Crippen LogP contribution >= 0.6 is 0 Å². The van der Waals surface area contributed by atoms with Gasteiger partial charge < -0.3 is 4.40 Å². The van der Waals surface area contributed by atoms with E-state index in [0.29, 0.717) is 0 Å². The van der Waals surface area contributed by atoms with Gasteiger partial charge in [0.2, 0.25) is 0 Å². The molecule has 11 rings (SSSR count). The number of aromatic nitrogens is 3. The molecule has 0 unspecified atom stereocenters. The second-order valence-corrected chi connectivity index (χ2v) is 15.0. The summed E-state index contributed by atoms with van der Waals surface area (Å²) < 4.78 is 2.38. The zero-order valence-corrected chi connectivity index (χ0v) is 28.0. The number of pyridine rings is 2. The molecule has 0 fully saturated rings. The van der Waals surface area contributed by atoms with Crippen molar-refractivity contribution in [3.63, 3.8) is 0 Å². The summed E-state index contributed by atoms with van der Waals surface area (Å²) in [6.45, 7) is 9.34. The molecule has 0 aliphatic heterocycles. The molecular formula is C46H33N3. The highest BCUT2D eigenvalue weighted by molar-refractivity contribution is 6.23. The minimum atomic E-state index is -0.0488. The predicted molar refractivity (Wildman–Crippen MR) is 203 cm³/mol. The van der Waals surface area contributed by atoms with Crippen molar-refractivity contribution < 1.29 is 0 Å². The summed E-state index contributed by atoms with van der Waals surface area (Å²) in [5.41, 5.74) is 18.5. The molecule has 5 aromatic carbocycles. The second kappa shape index (κ2) is 9.00. The van der Waals surface area contributed by atoms with Crippen LogP contribution in [-0.4, -0.2) is 14.4 Å². The Kier molecular flexibility index (Phi) is 4.99. The Morgan fingerprint density at radius 3 is 1.33 bits per heavy atom. The van der Waals surface area contributed by atoms with Gasteiger partial charge in [-0.1, -0.05) is 131 Å². The van der Waals surface area contributed by atoms with Crippen LogP contribution in [0.5, 0.6) is 0 Å². The average Bonchev–Trinajstić information content (AvgIpc) is 3.80. The number of rotatable bonds is 2. The number of benzene rings is 5. The maximum absolute atomic E-state index is 5.17. The molecule has 232 valence electrons. The van der Waals surface area contributed by atoms with Crippen molar-refractivity contribution in [3.05, 3.63) is 150 Å². The molecule has 0 amide bonds. The van der Waals surface area contributed by atoms with Gasteiger partial charge in [-0.3, -0.25) is 9.97 Å². The Morgan fingerprint density at radius 2 is 0.837 bits per heavy atom. The molecule has 0 atom stereocenters. The lowest BCUT2D eigenvalue weighted by atomic mass is 9.82. The average molecular weight is 628 g/mol. The molecule has 2 aliphatic rings. The highest BCUT2D eigenvalue weighted by Crippen LogP contribution is 2.53. The molecule has 3 heteroatoms. The maximum Gasteiger partial charge on any atom is 0.0726 e. The number of hydrogen-bond acceptors (Lipinski definition) is 2. The van der Waals surface area contributed by atoms with Crippen molar-refractivity contribution in [1.29, 1.82) is 0 Å². The molecule has 0 saturated carbocycles. The summed E-state index contributed by atoms with van der Waals surface area (Å²) in [5, 5.41) is 4.94. The summed E-state index contributed by atoms with van der Waals surface area (Å²) in [6, 6.07) is 42.5. The summed E-state index contributed by atoms with van der Waals surface area (Å²) in [4.78, 5) is 10.3. The summed E-state index contributed by atoms with van der Waals surface area (Å²) in [6.07, 6.45) is 4.15. The fourth-order valence-electron chi connectivity index (χ4n) is 9.50. The summed E-state index contributed by atoms with van der Waals surface area (Å²) >= 11 is 0. The molecule has 0 radical (unpaired) electrons. The zero-order valence-electron chi connectivity index (χ0n) is 28.0. The lowest BCUT2D eigenvalue weighted by Crippen LogP contribution is -2.14. The highest BCUT2D eigenvalue weighted by Gasteiger charge is 2.38. The van der Waals surface area contributed by atoms with Gasteiger partial charge in [0.15, 0.2) is 0 Å². The van der Waals surface area contributed by atoms with E-state index in [9.17, 15) is 0 Å². The van der Waals surface area contributed by atoms with Gasteiger partial charge in [-0.15, -0.1) is 0 Å². The van der Waals surface area contributed by atoms with E-state index in [2.05, 4.69) is 160 Å². The Balaban J connectivity index is 1.12. The van der Waals surface area contributed by atoms with E-state index in [1.54, 1.807) is 0 Å². The Hall–Kier alpha value is -5.80. The van der Waals surface area contributed by atoms with Crippen LogP contribution in [0.15, 0.2) is 128 Å². The number of para-hydroxylation sites is 1. The van der Waals surface area contributed by atoms with Crippen LogP contribution < -0.4 is 0 Å². The molecular weight excluding hydrogens is 595 g/mol. The fraction of sp³-hybridized carbons (Fsp3) is 0.130. The first-order valence-corrected chi connectivity index (χ1v) is 17.3. The fourth-order valence-corrected chi connectivity index (χ4v) is 9.50. The van der Waals surface area contributed by atoms with Crippen LogP contribution in [0, 0.1) is 0 Å². The molecule has 4 heterocycles. The zero-order chi connectivity index (χ0) is 32.8. The monoisotopic (exact) mass is 627 g/mol. The van der Waals surface area contributed by atoms with Gasteiger partial charge in [-0.05, 0) is 56.6 Å².